The molecule has 0 saturated carbocycles. The number of aliphatic carboxylic acids is 1. The molecule has 4 heteroatoms. The molecule has 0 radical (unpaired) electrons. The summed E-state index contributed by atoms with van der Waals surface area (Å²) in [6, 6.07) is 7.18. The van der Waals surface area contributed by atoms with Gasteiger partial charge in [0.25, 0.3) is 0 Å². The summed E-state index contributed by atoms with van der Waals surface area (Å²) in [6.07, 6.45) is 1.18. The van der Waals surface area contributed by atoms with Gasteiger partial charge in [-0.25, -0.2) is 0 Å². The Morgan fingerprint density at radius 1 is 1.53 bits per heavy atom. The average Bonchev–Trinajstić information content (AvgIpc) is 2.25. The minimum atomic E-state index is -1.25. The summed E-state index contributed by atoms with van der Waals surface area (Å²) in [4.78, 5) is 10.9. The molecule has 0 aliphatic rings. The van der Waals surface area contributed by atoms with Crippen molar-refractivity contribution in [2.45, 2.75) is 5.33 Å². The molecule has 0 heterocycles. The molecular weight excluding hydrogens is 260 g/mol. The van der Waals surface area contributed by atoms with Crippen molar-refractivity contribution < 1.29 is 14.6 Å². The third-order valence-electron chi connectivity index (χ3n) is 1.91. The number of halogens is 1. The molecule has 1 aromatic rings. The lowest BCUT2D eigenvalue weighted by Gasteiger charge is -2.11. The van der Waals surface area contributed by atoms with Gasteiger partial charge in [-0.15, -0.1) is 0 Å². The van der Waals surface area contributed by atoms with Gasteiger partial charge in [-0.2, -0.15) is 0 Å². The van der Waals surface area contributed by atoms with Gasteiger partial charge >= 0.3 is 0 Å². The van der Waals surface area contributed by atoms with E-state index in [0.29, 0.717) is 10.9 Å². The minimum absolute atomic E-state index is 0.0487. The second-order valence-electron chi connectivity index (χ2n) is 2.85. The zero-order valence-corrected chi connectivity index (χ0v) is 9.78. The summed E-state index contributed by atoms with van der Waals surface area (Å²) in [5.41, 5.74) is 1.54. The van der Waals surface area contributed by atoms with Gasteiger partial charge in [-0.1, -0.05) is 40.2 Å². The maximum Gasteiger partial charge on any atom is 0.0921 e. The maximum atomic E-state index is 10.9. The zero-order valence-electron chi connectivity index (χ0n) is 8.20. The van der Waals surface area contributed by atoms with Crippen LogP contribution in [0.25, 0.3) is 5.57 Å². The van der Waals surface area contributed by atoms with Crippen LogP contribution in [0.5, 0.6) is 0 Å². The lowest BCUT2D eigenvalue weighted by atomic mass is 10.0. The fourth-order valence-corrected chi connectivity index (χ4v) is 1.73. The Bertz CT molecular complexity index is 385. The molecule has 3 nitrogen and oxygen atoms in total. The van der Waals surface area contributed by atoms with Crippen molar-refractivity contribution in [1.29, 1.82) is 0 Å². The lowest BCUT2D eigenvalue weighted by molar-refractivity contribution is -0.295. The van der Waals surface area contributed by atoms with E-state index in [4.69, 9.17) is 4.74 Å². The Balaban J connectivity index is 3.22. The first-order valence-electron chi connectivity index (χ1n) is 4.29. The van der Waals surface area contributed by atoms with E-state index in [1.165, 1.54) is 13.4 Å². The molecule has 0 unspecified atom stereocenters. The first-order chi connectivity index (χ1) is 7.20. The molecule has 0 spiro atoms. The van der Waals surface area contributed by atoms with Gasteiger partial charge in [-0.3, -0.25) is 0 Å². The van der Waals surface area contributed by atoms with Crippen LogP contribution in [-0.2, 0) is 14.9 Å². The van der Waals surface area contributed by atoms with Crippen LogP contribution in [0.4, 0.5) is 0 Å². The number of benzene rings is 1. The first-order valence-corrected chi connectivity index (χ1v) is 5.41. The van der Waals surface area contributed by atoms with E-state index in [9.17, 15) is 9.90 Å². The van der Waals surface area contributed by atoms with E-state index in [1.54, 1.807) is 12.1 Å². The molecular formula is C11H10BrO3-. The van der Waals surface area contributed by atoms with Gasteiger partial charge in [-0.05, 0) is 11.1 Å². The Kier molecular flexibility index (Phi) is 4.37. The summed E-state index contributed by atoms with van der Waals surface area (Å²) in [7, 11) is 1.40. The van der Waals surface area contributed by atoms with Gasteiger partial charge in [0, 0.05) is 10.9 Å². The molecule has 0 bridgehead atoms. The van der Waals surface area contributed by atoms with Gasteiger partial charge in [0.15, 0.2) is 0 Å². The van der Waals surface area contributed by atoms with Crippen molar-refractivity contribution in [3.63, 3.8) is 0 Å². The largest absolute Gasteiger partial charge is 0.545 e. The van der Waals surface area contributed by atoms with Crippen LogP contribution in [-0.4, -0.2) is 13.1 Å². The second kappa shape index (κ2) is 5.56. The van der Waals surface area contributed by atoms with E-state index in [1.807, 2.05) is 12.1 Å². The normalized spacial score (nSPS) is 11.2. The second-order valence-corrected chi connectivity index (χ2v) is 3.41. The highest BCUT2D eigenvalue weighted by atomic mass is 79.9. The topological polar surface area (TPSA) is 49.4 Å². The number of carboxylic acid groups (broad SMARTS) is 1. The molecule has 0 aliphatic heterocycles. The Hall–Kier alpha value is -1.29. The number of alkyl halides is 1. The van der Waals surface area contributed by atoms with E-state index in [-0.39, 0.29) is 5.57 Å². The smallest absolute Gasteiger partial charge is 0.0921 e. The summed E-state index contributed by atoms with van der Waals surface area (Å²) in [6.45, 7) is 0. The molecule has 0 fully saturated rings. The standard InChI is InChI=1S/C11H11BrO3/c1-15-7-10(11(13)14)9-5-3-2-4-8(9)6-12/h2-5,7H,6H2,1H3,(H,13,14)/p-1/b10-7-. The Morgan fingerprint density at radius 3 is 2.73 bits per heavy atom. The molecule has 1 aromatic carbocycles. The summed E-state index contributed by atoms with van der Waals surface area (Å²) < 4.78 is 4.72. The third-order valence-corrected chi connectivity index (χ3v) is 2.51. The number of ether oxygens (including phenoxy) is 1. The first kappa shape index (κ1) is 11.8. The van der Waals surface area contributed by atoms with Crippen molar-refractivity contribution in [2.24, 2.45) is 0 Å². The van der Waals surface area contributed by atoms with Gasteiger partial charge in [0.2, 0.25) is 0 Å². The molecule has 0 saturated heterocycles. The van der Waals surface area contributed by atoms with Crippen LogP contribution in [0.15, 0.2) is 30.5 Å². The van der Waals surface area contributed by atoms with Gasteiger partial charge < -0.3 is 14.6 Å². The monoisotopic (exact) mass is 269 g/mol. The number of carbonyl (C=O) groups is 1. The lowest BCUT2D eigenvalue weighted by Crippen LogP contribution is -2.24. The van der Waals surface area contributed by atoms with E-state index < -0.39 is 5.97 Å². The summed E-state index contributed by atoms with van der Waals surface area (Å²) >= 11 is 3.30. The van der Waals surface area contributed by atoms with E-state index in [0.717, 1.165) is 5.56 Å². The highest BCUT2D eigenvalue weighted by molar-refractivity contribution is 9.08. The van der Waals surface area contributed by atoms with Crippen molar-refractivity contribution in [2.75, 3.05) is 7.11 Å². The molecule has 0 atom stereocenters. The minimum Gasteiger partial charge on any atom is -0.545 e. The molecule has 15 heavy (non-hydrogen) atoms. The number of methoxy groups -OCH3 is 1. The number of carboxylic acids is 1. The fraction of sp³-hybridized carbons (Fsp3) is 0.182. The van der Waals surface area contributed by atoms with Crippen molar-refractivity contribution in [3.05, 3.63) is 41.7 Å². The highest BCUT2D eigenvalue weighted by Gasteiger charge is 2.07. The van der Waals surface area contributed by atoms with Gasteiger partial charge in [0.1, 0.15) is 0 Å². The van der Waals surface area contributed by atoms with Crippen LogP contribution < -0.4 is 5.11 Å². The average molecular weight is 270 g/mol. The SMILES string of the molecule is CO/C=C(\C(=O)[O-])c1ccccc1CBr. The fourth-order valence-electron chi connectivity index (χ4n) is 1.24. The van der Waals surface area contributed by atoms with Crippen LogP contribution >= 0.6 is 15.9 Å². The Labute approximate surface area is 96.5 Å². The van der Waals surface area contributed by atoms with Crippen LogP contribution in [0.2, 0.25) is 0 Å². The molecule has 0 aromatic heterocycles. The summed E-state index contributed by atoms with van der Waals surface area (Å²) in [5, 5.41) is 11.5. The molecule has 80 valence electrons. The summed E-state index contributed by atoms with van der Waals surface area (Å²) in [5.74, 6) is -1.25. The molecule has 0 N–H and O–H groups in total. The number of hydrogen-bond acceptors (Lipinski definition) is 3. The van der Waals surface area contributed by atoms with Gasteiger partial charge in [0.05, 0.1) is 19.3 Å². The highest BCUT2D eigenvalue weighted by Crippen LogP contribution is 2.20. The predicted molar refractivity (Wildman–Crippen MR) is 59.1 cm³/mol. The maximum absolute atomic E-state index is 10.9. The number of rotatable bonds is 4. The third kappa shape index (κ3) is 2.83. The van der Waals surface area contributed by atoms with Crippen molar-refractivity contribution >= 4 is 27.5 Å². The van der Waals surface area contributed by atoms with E-state index >= 15 is 0 Å². The molecule has 0 amide bonds. The Morgan fingerprint density at radius 2 is 2.20 bits per heavy atom. The number of hydrogen-bond donors (Lipinski definition) is 0. The predicted octanol–water partition coefficient (Wildman–Crippen LogP) is 1.32. The van der Waals surface area contributed by atoms with E-state index in [2.05, 4.69) is 15.9 Å². The number of carbonyl (C=O) groups excluding carboxylic acids is 1. The zero-order chi connectivity index (χ0) is 11.3. The molecule has 0 aliphatic carbocycles. The van der Waals surface area contributed by atoms with Crippen molar-refractivity contribution in [1.82, 2.24) is 0 Å². The van der Waals surface area contributed by atoms with Crippen molar-refractivity contribution in [3.8, 4) is 0 Å². The van der Waals surface area contributed by atoms with Crippen LogP contribution in [0, 0.1) is 0 Å². The molecule has 1 rings (SSSR count). The van der Waals surface area contributed by atoms with Crippen LogP contribution in [0.3, 0.4) is 0 Å². The quantitative estimate of drug-likeness (QED) is 0.471. The van der Waals surface area contributed by atoms with Crippen LogP contribution in [0.1, 0.15) is 11.1 Å².